The maximum Gasteiger partial charge on any atom is 4.00 e. The van der Waals surface area contributed by atoms with E-state index in [2.05, 4.69) is 0 Å². The van der Waals surface area contributed by atoms with Crippen LogP contribution in [0.4, 0.5) is 0 Å². The first-order valence-corrected chi connectivity index (χ1v) is 4.65. The number of aliphatic carboxylic acids is 4. The Morgan fingerprint density at radius 3 is 1.35 bits per heavy atom. The molecule has 0 aliphatic heterocycles. The van der Waals surface area contributed by atoms with Crippen molar-refractivity contribution in [3.63, 3.8) is 0 Å². The zero-order valence-electron chi connectivity index (χ0n) is 10.0. The summed E-state index contributed by atoms with van der Waals surface area (Å²) in [7, 11) is 0. The summed E-state index contributed by atoms with van der Waals surface area (Å²) in [6.07, 6.45) is -4.06. The Balaban J connectivity index is -0.000000352. The normalized spacial score (nSPS) is 11.2. The van der Waals surface area contributed by atoms with Crippen LogP contribution in [0.3, 0.4) is 0 Å². The van der Waals surface area contributed by atoms with Crippen LogP contribution in [0.25, 0.3) is 0 Å². The first-order chi connectivity index (χ1) is 8.42. The summed E-state index contributed by atoms with van der Waals surface area (Å²) in [5, 5.41) is 56.2. The zero-order valence-corrected chi connectivity index (χ0v) is 11.1. The van der Waals surface area contributed by atoms with E-state index in [1.807, 2.05) is 0 Å². The van der Waals surface area contributed by atoms with Gasteiger partial charge in [-0.05, 0) is 6.92 Å². The maximum atomic E-state index is 10.1. The second-order valence-corrected chi connectivity index (χ2v) is 3.41. The molecule has 1 unspecified atom stereocenters. The molecule has 0 aliphatic carbocycles. The molecule has 1 atom stereocenters. The Kier molecular flexibility index (Phi) is 11.9. The molecule has 10 nitrogen and oxygen atoms in total. The van der Waals surface area contributed by atoms with Crippen LogP contribution < -0.4 is 20.4 Å². The summed E-state index contributed by atoms with van der Waals surface area (Å²) in [6.45, 7) is 1.13. The average Bonchev–Trinajstić information content (AvgIpc) is 2.14. The summed E-state index contributed by atoms with van der Waals surface area (Å²) in [5.74, 6) is -7.42. The molecule has 0 radical (unpaired) electrons. The van der Waals surface area contributed by atoms with E-state index in [1.54, 1.807) is 0 Å². The third-order valence-electron chi connectivity index (χ3n) is 1.59. The van der Waals surface area contributed by atoms with Crippen molar-refractivity contribution in [2.45, 2.75) is 31.5 Å². The molecule has 0 aromatic heterocycles. The molecule has 0 aromatic carbocycles. The van der Waals surface area contributed by atoms with Gasteiger partial charge in [0.25, 0.3) is 0 Å². The Morgan fingerprint density at radius 2 is 1.25 bits per heavy atom. The van der Waals surface area contributed by atoms with Gasteiger partial charge < -0.3 is 49.8 Å². The van der Waals surface area contributed by atoms with E-state index in [1.165, 1.54) is 0 Å². The van der Waals surface area contributed by atoms with E-state index in [9.17, 15) is 39.6 Å². The Labute approximate surface area is 123 Å². The van der Waals surface area contributed by atoms with Crippen molar-refractivity contribution in [1.29, 1.82) is 0 Å². The summed E-state index contributed by atoms with van der Waals surface area (Å²) < 4.78 is 0. The predicted octanol–water partition coefficient (Wildman–Crippen LogP) is -7.14. The van der Waals surface area contributed by atoms with Crippen LogP contribution in [0.1, 0.15) is 19.8 Å². The molecule has 11 heteroatoms. The average molecular weight is 334 g/mol. The van der Waals surface area contributed by atoms with Gasteiger partial charge in [-0.1, -0.05) is 0 Å². The van der Waals surface area contributed by atoms with Gasteiger partial charge in [0, 0.05) is 24.8 Å². The van der Waals surface area contributed by atoms with Gasteiger partial charge in [0.2, 0.25) is 0 Å². The molecule has 2 N–H and O–H groups in total. The molecule has 0 aromatic rings. The minimum absolute atomic E-state index is 0. The minimum atomic E-state index is -2.97. The third-order valence-corrected chi connectivity index (χ3v) is 1.59. The first-order valence-electron chi connectivity index (χ1n) is 4.65. The molecular formula is C9H10FeO10. The summed E-state index contributed by atoms with van der Waals surface area (Å²) in [5.41, 5.74) is -2.97. The summed E-state index contributed by atoms with van der Waals surface area (Å²) in [6, 6.07) is 0. The van der Waals surface area contributed by atoms with Gasteiger partial charge in [-0.15, -0.1) is 0 Å². The molecular weight excluding hydrogens is 324 g/mol. The van der Waals surface area contributed by atoms with Gasteiger partial charge in [0.05, 0.1) is 18.0 Å². The van der Waals surface area contributed by atoms with Gasteiger partial charge in [0.15, 0.2) is 0 Å². The van der Waals surface area contributed by atoms with E-state index in [-0.39, 0.29) is 17.1 Å². The van der Waals surface area contributed by atoms with Crippen LogP contribution in [-0.4, -0.2) is 45.8 Å². The van der Waals surface area contributed by atoms with E-state index >= 15 is 0 Å². The predicted molar refractivity (Wildman–Crippen MR) is 45.9 cm³/mol. The molecule has 0 fully saturated rings. The molecule has 0 saturated heterocycles. The van der Waals surface area contributed by atoms with Gasteiger partial charge in [-0.3, -0.25) is 0 Å². The van der Waals surface area contributed by atoms with Crippen LogP contribution >= 0.6 is 0 Å². The largest absolute Gasteiger partial charge is 4.00 e. The third kappa shape index (κ3) is 11.4. The van der Waals surface area contributed by atoms with E-state index in [4.69, 9.17) is 10.2 Å². The number of carbonyl (C=O) groups excluding carboxylic acids is 4. The van der Waals surface area contributed by atoms with E-state index in [0.717, 1.165) is 6.92 Å². The van der Waals surface area contributed by atoms with E-state index in [0.29, 0.717) is 0 Å². The Morgan fingerprint density at radius 1 is 1.00 bits per heavy atom. The fourth-order valence-corrected chi connectivity index (χ4v) is 0.684. The Hall–Kier alpha value is -1.68. The molecule has 20 heavy (non-hydrogen) atoms. The van der Waals surface area contributed by atoms with Crippen molar-refractivity contribution in [3.8, 4) is 0 Å². The zero-order chi connectivity index (χ0) is 15.8. The standard InChI is InChI=1S/C6H8O7.C3H6O3.Fe/c7-3(8)1-6(13,5(11)12)2-4(9)10;1-2(4)3(5)6;/h13H,1-2H2,(H,7,8)(H,9,10)(H,11,12);2,4H,1H3,(H,5,6);/q;;+4/p-4. The van der Waals surface area contributed by atoms with Crippen LogP contribution in [-0.2, 0) is 36.2 Å². The second-order valence-electron chi connectivity index (χ2n) is 3.41. The smallest absolute Gasteiger partial charge is 0.550 e. The van der Waals surface area contributed by atoms with Crippen molar-refractivity contribution < 1.29 is 66.9 Å². The topological polar surface area (TPSA) is 201 Å². The van der Waals surface area contributed by atoms with Crippen LogP contribution in [0.15, 0.2) is 0 Å². The molecule has 0 rings (SSSR count). The number of aliphatic hydroxyl groups excluding tert-OH is 1. The Bertz CT molecular complexity index is 348. The van der Waals surface area contributed by atoms with Gasteiger partial charge >= 0.3 is 17.1 Å². The van der Waals surface area contributed by atoms with Gasteiger partial charge in [-0.25, -0.2) is 0 Å². The van der Waals surface area contributed by atoms with Crippen LogP contribution in [0.5, 0.6) is 0 Å². The van der Waals surface area contributed by atoms with Gasteiger partial charge in [-0.2, -0.15) is 0 Å². The van der Waals surface area contributed by atoms with Gasteiger partial charge in [0.1, 0.15) is 5.60 Å². The minimum Gasteiger partial charge on any atom is -0.550 e. The molecule has 0 spiro atoms. The number of carbonyl (C=O) groups is 4. The quantitative estimate of drug-likeness (QED) is 0.439. The van der Waals surface area contributed by atoms with Crippen molar-refractivity contribution >= 4 is 23.9 Å². The molecule has 0 saturated carbocycles. The molecule has 0 amide bonds. The molecule has 0 bridgehead atoms. The van der Waals surface area contributed by atoms with E-state index < -0.39 is 48.4 Å². The number of carboxylic acids is 4. The SMILES string of the molecule is CC(O)C(=O)[O-].O=C([O-])CC(O)(CC(=O)[O-])C(=O)[O-].[Fe+4]. The fraction of sp³-hybridized carbons (Fsp3) is 0.556. The summed E-state index contributed by atoms with van der Waals surface area (Å²) in [4.78, 5) is 39.3. The monoisotopic (exact) mass is 334 g/mol. The molecule has 0 aliphatic rings. The second kappa shape index (κ2) is 10.1. The van der Waals surface area contributed by atoms with Crippen molar-refractivity contribution in [1.82, 2.24) is 0 Å². The number of carboxylic acid groups (broad SMARTS) is 4. The maximum absolute atomic E-state index is 10.1. The van der Waals surface area contributed by atoms with Crippen molar-refractivity contribution in [3.05, 3.63) is 0 Å². The number of aliphatic hydroxyl groups is 2. The van der Waals surface area contributed by atoms with Crippen molar-refractivity contribution in [2.24, 2.45) is 0 Å². The number of rotatable bonds is 6. The summed E-state index contributed by atoms with van der Waals surface area (Å²) >= 11 is 0. The number of hydrogen-bond donors (Lipinski definition) is 2. The number of hydrogen-bond acceptors (Lipinski definition) is 10. The fourth-order valence-electron chi connectivity index (χ4n) is 0.684. The van der Waals surface area contributed by atoms with Crippen molar-refractivity contribution in [2.75, 3.05) is 0 Å². The first kappa shape index (κ1) is 23.4. The van der Waals surface area contributed by atoms with Crippen LogP contribution in [0, 0.1) is 0 Å². The molecule has 0 heterocycles. The molecule has 114 valence electrons. The van der Waals surface area contributed by atoms with Crippen LogP contribution in [0.2, 0.25) is 0 Å².